The molecule has 0 radical (unpaired) electrons. The van der Waals surface area contributed by atoms with Gasteiger partial charge in [0.05, 0.1) is 5.69 Å². The van der Waals surface area contributed by atoms with Gasteiger partial charge in [0.2, 0.25) is 0 Å². The van der Waals surface area contributed by atoms with E-state index in [1.54, 1.807) is 17.5 Å². The summed E-state index contributed by atoms with van der Waals surface area (Å²) in [6.07, 6.45) is 0. The minimum atomic E-state index is -0.522. The van der Waals surface area contributed by atoms with Crippen LogP contribution in [-0.4, -0.2) is 23.5 Å². The van der Waals surface area contributed by atoms with Crippen LogP contribution in [0.2, 0.25) is 0 Å². The Morgan fingerprint density at radius 1 is 1.35 bits per heavy atom. The molecule has 20 heavy (non-hydrogen) atoms. The summed E-state index contributed by atoms with van der Waals surface area (Å²) in [5, 5.41) is 4.65. The molecule has 1 amide bonds. The number of ether oxygens (including phenoxy) is 1. The van der Waals surface area contributed by atoms with Gasteiger partial charge in [-0.15, -0.1) is 11.3 Å². The molecule has 2 aromatic rings. The summed E-state index contributed by atoms with van der Waals surface area (Å²) in [5.74, 6) is -1.30. The number of anilines is 1. The smallest absolute Gasteiger partial charge is 0.303 e. The number of rotatable bonds is 4. The number of thiazole rings is 1. The van der Waals surface area contributed by atoms with Crippen molar-refractivity contribution in [3.8, 4) is 11.3 Å². The molecule has 0 saturated heterocycles. The maximum Gasteiger partial charge on any atom is 0.303 e. The van der Waals surface area contributed by atoms with E-state index in [-0.39, 0.29) is 12.4 Å². The van der Waals surface area contributed by atoms with Crippen LogP contribution in [0.1, 0.15) is 6.92 Å². The van der Waals surface area contributed by atoms with Crippen LogP contribution in [0.5, 0.6) is 0 Å². The number of aromatic nitrogens is 1. The number of nitrogens with one attached hydrogen (secondary N) is 1. The maximum atomic E-state index is 12.8. The number of hydrogen-bond acceptors (Lipinski definition) is 5. The van der Waals surface area contributed by atoms with Crippen molar-refractivity contribution >= 4 is 28.3 Å². The second kappa shape index (κ2) is 6.25. The van der Waals surface area contributed by atoms with Gasteiger partial charge in [-0.2, -0.15) is 0 Å². The van der Waals surface area contributed by atoms with Crippen molar-refractivity contribution in [2.24, 2.45) is 0 Å². The van der Waals surface area contributed by atoms with Gasteiger partial charge in [-0.1, -0.05) is 0 Å². The summed E-state index contributed by atoms with van der Waals surface area (Å²) in [6, 6.07) is 5.89. The maximum absolute atomic E-state index is 12.8. The summed E-state index contributed by atoms with van der Waals surface area (Å²) in [5.41, 5.74) is 1.39. The Morgan fingerprint density at radius 2 is 2.05 bits per heavy atom. The molecule has 0 unspecified atom stereocenters. The summed E-state index contributed by atoms with van der Waals surface area (Å²) in [6.45, 7) is 0.879. The molecule has 2 rings (SSSR count). The number of amides is 1. The Balaban J connectivity index is 2.00. The summed E-state index contributed by atoms with van der Waals surface area (Å²) in [4.78, 5) is 26.2. The van der Waals surface area contributed by atoms with E-state index in [0.29, 0.717) is 10.8 Å². The number of carbonyl (C=O) groups excluding carboxylic acids is 2. The lowest BCUT2D eigenvalue weighted by Crippen LogP contribution is -2.19. The van der Waals surface area contributed by atoms with Crippen molar-refractivity contribution in [2.45, 2.75) is 6.92 Å². The molecule has 1 heterocycles. The molecule has 7 heteroatoms. The Morgan fingerprint density at radius 3 is 2.70 bits per heavy atom. The van der Waals surface area contributed by atoms with Gasteiger partial charge in [-0.25, -0.2) is 9.37 Å². The van der Waals surface area contributed by atoms with Gasteiger partial charge < -0.3 is 4.74 Å². The predicted octanol–water partition coefficient (Wildman–Crippen LogP) is 2.45. The number of benzene rings is 1. The zero-order valence-corrected chi connectivity index (χ0v) is 11.4. The lowest BCUT2D eigenvalue weighted by Gasteiger charge is -2.01. The number of halogens is 1. The molecule has 104 valence electrons. The summed E-state index contributed by atoms with van der Waals surface area (Å²) < 4.78 is 17.4. The van der Waals surface area contributed by atoms with Crippen molar-refractivity contribution in [3.05, 3.63) is 35.5 Å². The van der Waals surface area contributed by atoms with Crippen LogP contribution in [-0.2, 0) is 14.3 Å². The van der Waals surface area contributed by atoms with Crippen LogP contribution < -0.4 is 5.32 Å². The number of esters is 1. The third kappa shape index (κ3) is 3.86. The van der Waals surface area contributed by atoms with E-state index in [2.05, 4.69) is 15.0 Å². The topological polar surface area (TPSA) is 68.3 Å². The number of nitrogens with zero attached hydrogens (tertiary/aromatic N) is 1. The third-order valence-electron chi connectivity index (χ3n) is 2.30. The lowest BCUT2D eigenvalue weighted by atomic mass is 10.2. The molecule has 5 nitrogen and oxygen atoms in total. The van der Waals surface area contributed by atoms with Crippen LogP contribution in [0.3, 0.4) is 0 Å². The highest BCUT2D eigenvalue weighted by atomic mass is 32.1. The third-order valence-corrected chi connectivity index (χ3v) is 3.05. The van der Waals surface area contributed by atoms with Gasteiger partial charge in [0, 0.05) is 17.9 Å². The van der Waals surface area contributed by atoms with Gasteiger partial charge in [-0.3, -0.25) is 14.9 Å². The Labute approximate surface area is 118 Å². The number of carbonyl (C=O) groups is 2. The van der Waals surface area contributed by atoms with E-state index in [0.717, 1.165) is 5.56 Å². The molecule has 1 aromatic carbocycles. The zero-order chi connectivity index (χ0) is 14.5. The Bertz CT molecular complexity index is 625. The average Bonchev–Trinajstić information content (AvgIpc) is 2.85. The summed E-state index contributed by atoms with van der Waals surface area (Å²) in [7, 11) is 0. The molecule has 0 fully saturated rings. The minimum Gasteiger partial charge on any atom is -0.456 e. The molecule has 0 aliphatic carbocycles. The van der Waals surface area contributed by atoms with Crippen LogP contribution in [0, 0.1) is 5.82 Å². The summed E-state index contributed by atoms with van der Waals surface area (Å²) >= 11 is 1.23. The van der Waals surface area contributed by atoms with Gasteiger partial charge in [-0.05, 0) is 24.3 Å². The quantitative estimate of drug-likeness (QED) is 0.879. The molecular weight excluding hydrogens is 283 g/mol. The van der Waals surface area contributed by atoms with Crippen LogP contribution in [0.15, 0.2) is 29.6 Å². The fourth-order valence-electron chi connectivity index (χ4n) is 1.41. The van der Waals surface area contributed by atoms with Crippen LogP contribution in [0.4, 0.5) is 9.52 Å². The fourth-order valence-corrected chi connectivity index (χ4v) is 2.14. The average molecular weight is 294 g/mol. The second-order valence-electron chi connectivity index (χ2n) is 3.87. The molecule has 0 spiro atoms. The molecule has 0 bridgehead atoms. The first kappa shape index (κ1) is 14.1. The minimum absolute atomic E-state index is 0.320. The van der Waals surface area contributed by atoms with E-state index in [4.69, 9.17) is 0 Å². The molecule has 0 aliphatic heterocycles. The Hall–Kier alpha value is -2.28. The lowest BCUT2D eigenvalue weighted by molar-refractivity contribution is -0.144. The van der Waals surface area contributed by atoms with Crippen molar-refractivity contribution < 1.29 is 18.7 Å². The predicted molar refractivity (Wildman–Crippen MR) is 72.8 cm³/mol. The van der Waals surface area contributed by atoms with Crippen LogP contribution in [0.25, 0.3) is 11.3 Å². The van der Waals surface area contributed by atoms with Gasteiger partial charge in [0.15, 0.2) is 11.7 Å². The largest absolute Gasteiger partial charge is 0.456 e. The highest BCUT2D eigenvalue weighted by Gasteiger charge is 2.09. The van der Waals surface area contributed by atoms with E-state index < -0.39 is 11.9 Å². The standard InChI is InChI=1S/C13H11FN2O3S/c1-8(17)19-6-12(18)16-13-15-11(7-20-13)9-2-4-10(14)5-3-9/h2-5,7H,6H2,1H3,(H,15,16,18). The van der Waals surface area contributed by atoms with Crippen LogP contribution >= 0.6 is 11.3 Å². The zero-order valence-electron chi connectivity index (χ0n) is 10.6. The van der Waals surface area contributed by atoms with E-state index in [1.165, 1.54) is 30.4 Å². The van der Waals surface area contributed by atoms with Crippen molar-refractivity contribution in [1.29, 1.82) is 0 Å². The first-order valence-corrected chi connectivity index (χ1v) is 6.57. The molecule has 1 N–H and O–H groups in total. The normalized spacial score (nSPS) is 10.1. The molecular formula is C13H11FN2O3S. The molecule has 1 aromatic heterocycles. The fraction of sp³-hybridized carbons (Fsp3) is 0.154. The van der Waals surface area contributed by atoms with Gasteiger partial charge >= 0.3 is 5.97 Å². The van der Waals surface area contributed by atoms with Crippen molar-refractivity contribution in [3.63, 3.8) is 0 Å². The molecule has 0 saturated carbocycles. The molecule has 0 atom stereocenters. The van der Waals surface area contributed by atoms with E-state index in [1.807, 2.05) is 0 Å². The highest BCUT2D eigenvalue weighted by Crippen LogP contribution is 2.24. The van der Waals surface area contributed by atoms with E-state index in [9.17, 15) is 14.0 Å². The van der Waals surface area contributed by atoms with Gasteiger partial charge in [0.1, 0.15) is 5.82 Å². The second-order valence-corrected chi connectivity index (χ2v) is 4.73. The first-order valence-electron chi connectivity index (χ1n) is 5.69. The van der Waals surface area contributed by atoms with Crippen molar-refractivity contribution in [2.75, 3.05) is 11.9 Å². The highest BCUT2D eigenvalue weighted by molar-refractivity contribution is 7.14. The van der Waals surface area contributed by atoms with E-state index >= 15 is 0 Å². The first-order chi connectivity index (χ1) is 9.54. The number of hydrogen-bond donors (Lipinski definition) is 1. The molecule has 0 aliphatic rings. The SMILES string of the molecule is CC(=O)OCC(=O)Nc1nc(-c2ccc(F)cc2)cs1. The monoisotopic (exact) mass is 294 g/mol. The van der Waals surface area contributed by atoms with Gasteiger partial charge in [0.25, 0.3) is 5.91 Å². The van der Waals surface area contributed by atoms with Crippen molar-refractivity contribution in [1.82, 2.24) is 4.98 Å². The Kier molecular flexibility index (Phi) is 4.41.